The van der Waals surface area contributed by atoms with E-state index in [0.29, 0.717) is 11.4 Å². The molecule has 3 rings (SSSR count). The Hall–Kier alpha value is -2.02. The van der Waals surface area contributed by atoms with Crippen molar-refractivity contribution in [2.24, 2.45) is 7.05 Å². The SMILES string of the molecule is COc1cc(-c2c(I)n(C)c3c(Br)cnc(N)c23)ccc1C(=O)NCC(F)(F)F. The number of nitrogens with two attached hydrogens (primary N) is 1. The lowest BCUT2D eigenvalue weighted by molar-refractivity contribution is -0.123. The highest BCUT2D eigenvalue weighted by atomic mass is 127. The Kier molecular flexibility index (Phi) is 5.99. The minimum Gasteiger partial charge on any atom is -0.496 e. The number of aryl methyl sites for hydroxylation is 1. The monoisotopic (exact) mass is 582 g/mol. The van der Waals surface area contributed by atoms with Gasteiger partial charge in [-0.15, -0.1) is 0 Å². The minimum absolute atomic E-state index is 0.00280. The van der Waals surface area contributed by atoms with Crippen LogP contribution in [0.25, 0.3) is 22.0 Å². The number of nitrogen functional groups attached to an aromatic ring is 1. The predicted octanol–water partition coefficient (Wildman–Crippen LogP) is 4.49. The van der Waals surface area contributed by atoms with Crippen LogP contribution in [0.1, 0.15) is 10.4 Å². The number of nitrogens with zero attached hydrogens (tertiary/aromatic N) is 2. The number of pyridine rings is 1. The number of fused-ring (bicyclic) bond motifs is 1. The van der Waals surface area contributed by atoms with Gasteiger partial charge in [0.25, 0.3) is 5.91 Å². The van der Waals surface area contributed by atoms with E-state index in [0.717, 1.165) is 24.6 Å². The number of benzene rings is 1. The number of carbonyl (C=O) groups is 1. The lowest BCUT2D eigenvalue weighted by Gasteiger charge is -2.13. The van der Waals surface area contributed by atoms with Crippen molar-refractivity contribution in [1.29, 1.82) is 0 Å². The summed E-state index contributed by atoms with van der Waals surface area (Å²) in [5.74, 6) is -0.388. The van der Waals surface area contributed by atoms with E-state index in [1.165, 1.54) is 13.2 Å². The first kappa shape index (κ1) is 21.7. The lowest BCUT2D eigenvalue weighted by Crippen LogP contribution is -2.33. The Bertz CT molecular complexity index is 1110. The lowest BCUT2D eigenvalue weighted by atomic mass is 10.0. The normalized spacial score (nSPS) is 11.7. The third-order valence-electron chi connectivity index (χ3n) is 4.31. The van der Waals surface area contributed by atoms with Gasteiger partial charge in [-0.3, -0.25) is 4.79 Å². The number of halogens is 5. The molecule has 2 aromatic heterocycles. The van der Waals surface area contributed by atoms with E-state index in [1.807, 2.05) is 16.9 Å². The molecule has 6 nitrogen and oxygen atoms in total. The molecule has 0 saturated carbocycles. The molecule has 0 spiro atoms. The van der Waals surface area contributed by atoms with Crippen LogP contribution < -0.4 is 15.8 Å². The third-order valence-corrected chi connectivity index (χ3v) is 6.15. The smallest absolute Gasteiger partial charge is 0.405 e. The third kappa shape index (κ3) is 4.15. The van der Waals surface area contributed by atoms with Gasteiger partial charge in [0.1, 0.15) is 18.1 Å². The van der Waals surface area contributed by atoms with Gasteiger partial charge >= 0.3 is 6.18 Å². The highest BCUT2D eigenvalue weighted by Gasteiger charge is 2.29. The standard InChI is InChI=1S/C18H15BrF3IN4O2/c1-27-14-10(19)6-25-16(24)13(14)12(15(27)23)8-3-4-9(11(5-8)29-2)17(28)26-7-18(20,21)22/h3-6H,7H2,1-2H3,(H2,24,25)(H,26,28). The molecule has 29 heavy (non-hydrogen) atoms. The van der Waals surface area contributed by atoms with Crippen LogP contribution in [0.3, 0.4) is 0 Å². The van der Waals surface area contributed by atoms with E-state index < -0.39 is 18.6 Å². The topological polar surface area (TPSA) is 82.2 Å². The van der Waals surface area contributed by atoms with Crippen LogP contribution in [0, 0.1) is 3.70 Å². The molecule has 1 amide bonds. The molecule has 0 bridgehead atoms. The number of amides is 1. The highest BCUT2D eigenvalue weighted by Crippen LogP contribution is 2.41. The van der Waals surface area contributed by atoms with E-state index in [2.05, 4.69) is 43.5 Å². The summed E-state index contributed by atoms with van der Waals surface area (Å²) in [5, 5.41) is 2.57. The van der Waals surface area contributed by atoms with Gasteiger partial charge in [0.05, 0.1) is 31.7 Å². The second kappa shape index (κ2) is 8.01. The van der Waals surface area contributed by atoms with Crippen molar-refractivity contribution in [3.8, 4) is 16.9 Å². The van der Waals surface area contributed by atoms with Crippen LogP contribution in [0.5, 0.6) is 5.75 Å². The first-order valence-electron chi connectivity index (χ1n) is 8.16. The predicted molar refractivity (Wildman–Crippen MR) is 116 cm³/mol. The van der Waals surface area contributed by atoms with E-state index in [-0.39, 0.29) is 11.3 Å². The molecule has 1 aromatic carbocycles. The Morgan fingerprint density at radius 3 is 2.72 bits per heavy atom. The molecule has 0 saturated heterocycles. The number of nitrogens with one attached hydrogen (secondary N) is 1. The van der Waals surface area contributed by atoms with Gasteiger partial charge in [-0.1, -0.05) is 6.07 Å². The number of aromatic nitrogens is 2. The average molecular weight is 583 g/mol. The molecular weight excluding hydrogens is 568 g/mol. The summed E-state index contributed by atoms with van der Waals surface area (Å²) in [4.78, 5) is 16.4. The molecule has 0 unspecified atom stereocenters. The van der Waals surface area contributed by atoms with Crippen LogP contribution in [0.15, 0.2) is 28.9 Å². The summed E-state index contributed by atoms with van der Waals surface area (Å²) in [6.45, 7) is -1.42. The van der Waals surface area contributed by atoms with Crippen molar-refractivity contribution in [3.05, 3.63) is 38.1 Å². The zero-order valence-corrected chi connectivity index (χ0v) is 18.9. The summed E-state index contributed by atoms with van der Waals surface area (Å²) in [5.41, 5.74) is 8.45. The zero-order chi connectivity index (χ0) is 21.5. The van der Waals surface area contributed by atoms with Gasteiger partial charge in [0, 0.05) is 18.8 Å². The van der Waals surface area contributed by atoms with Crippen molar-refractivity contribution in [3.63, 3.8) is 0 Å². The number of anilines is 1. The number of rotatable bonds is 4. The molecule has 0 aliphatic rings. The Labute approximate surface area is 185 Å². The molecule has 0 aliphatic carbocycles. The largest absolute Gasteiger partial charge is 0.496 e. The van der Waals surface area contributed by atoms with Gasteiger partial charge in [-0.2, -0.15) is 13.2 Å². The summed E-state index contributed by atoms with van der Waals surface area (Å²) >= 11 is 5.66. The number of alkyl halides is 3. The number of hydrogen-bond acceptors (Lipinski definition) is 4. The molecule has 154 valence electrons. The fraction of sp³-hybridized carbons (Fsp3) is 0.222. The maximum atomic E-state index is 12.4. The van der Waals surface area contributed by atoms with Gasteiger partial charge in [-0.05, 0) is 56.2 Å². The minimum atomic E-state index is -4.50. The molecule has 0 aliphatic heterocycles. The number of methoxy groups -OCH3 is 1. The Morgan fingerprint density at radius 1 is 1.41 bits per heavy atom. The molecule has 3 N–H and O–H groups in total. The molecule has 0 radical (unpaired) electrons. The van der Waals surface area contributed by atoms with Crippen LogP contribution in [-0.4, -0.2) is 35.3 Å². The zero-order valence-electron chi connectivity index (χ0n) is 15.2. The van der Waals surface area contributed by atoms with Gasteiger partial charge < -0.3 is 20.4 Å². The number of carbonyl (C=O) groups excluding carboxylic acids is 1. The van der Waals surface area contributed by atoms with Crippen LogP contribution >= 0.6 is 38.5 Å². The molecule has 2 heterocycles. The fourth-order valence-corrected chi connectivity index (χ4v) is 4.40. The first-order chi connectivity index (χ1) is 13.5. The van der Waals surface area contributed by atoms with E-state index in [4.69, 9.17) is 10.5 Å². The van der Waals surface area contributed by atoms with Gasteiger partial charge in [-0.25, -0.2) is 4.98 Å². The van der Waals surface area contributed by atoms with Crippen molar-refractivity contribution in [2.45, 2.75) is 6.18 Å². The van der Waals surface area contributed by atoms with E-state index in [9.17, 15) is 18.0 Å². The van der Waals surface area contributed by atoms with Crippen molar-refractivity contribution in [2.75, 3.05) is 19.4 Å². The fourth-order valence-electron chi connectivity index (χ4n) is 3.01. The molecule has 0 atom stereocenters. The summed E-state index contributed by atoms with van der Waals surface area (Å²) in [7, 11) is 3.23. The number of hydrogen-bond donors (Lipinski definition) is 2. The maximum Gasteiger partial charge on any atom is 0.405 e. The average Bonchev–Trinajstić information content (AvgIpc) is 2.94. The van der Waals surface area contributed by atoms with Crippen LogP contribution in [0.2, 0.25) is 0 Å². The second-order valence-electron chi connectivity index (χ2n) is 6.15. The second-order valence-corrected chi connectivity index (χ2v) is 8.03. The quantitative estimate of drug-likeness (QED) is 0.444. The number of ether oxygens (including phenoxy) is 1. The van der Waals surface area contributed by atoms with Gasteiger partial charge in [0.2, 0.25) is 0 Å². The molecule has 11 heteroatoms. The Balaban J connectivity index is 2.11. The van der Waals surface area contributed by atoms with Crippen LogP contribution in [0.4, 0.5) is 19.0 Å². The first-order valence-corrected chi connectivity index (χ1v) is 10.0. The van der Waals surface area contributed by atoms with E-state index >= 15 is 0 Å². The summed E-state index contributed by atoms with van der Waals surface area (Å²) in [6.07, 6.45) is -2.88. The summed E-state index contributed by atoms with van der Waals surface area (Å²) in [6, 6.07) is 4.67. The van der Waals surface area contributed by atoms with Crippen LogP contribution in [-0.2, 0) is 7.05 Å². The summed E-state index contributed by atoms with van der Waals surface area (Å²) < 4.78 is 46.0. The molecule has 3 aromatic rings. The van der Waals surface area contributed by atoms with Gasteiger partial charge in [0.15, 0.2) is 0 Å². The highest BCUT2D eigenvalue weighted by molar-refractivity contribution is 14.1. The molecular formula is C18H15BrF3IN4O2. The maximum absolute atomic E-state index is 12.4. The van der Waals surface area contributed by atoms with Crippen molar-refractivity contribution >= 4 is 61.1 Å². The van der Waals surface area contributed by atoms with E-state index in [1.54, 1.807) is 18.3 Å². The van der Waals surface area contributed by atoms with Crippen molar-refractivity contribution in [1.82, 2.24) is 14.9 Å². The Morgan fingerprint density at radius 2 is 2.10 bits per heavy atom. The van der Waals surface area contributed by atoms with Crippen molar-refractivity contribution < 1.29 is 22.7 Å². The molecule has 0 fully saturated rings.